The first-order valence-corrected chi connectivity index (χ1v) is 9.35. The maximum atomic E-state index is 3.58. The van der Waals surface area contributed by atoms with E-state index in [4.69, 9.17) is 0 Å². The number of anilines is 1. The van der Waals surface area contributed by atoms with Crippen molar-refractivity contribution >= 4 is 33.4 Å². The second-order valence-corrected chi connectivity index (χ2v) is 7.54. The molecule has 1 rings (SSSR count). The Hall–Kier alpha value is -0.190. The van der Waals surface area contributed by atoms with Crippen molar-refractivity contribution < 1.29 is 0 Å². The molecule has 1 N–H and O–H groups in total. The van der Waals surface area contributed by atoms with Crippen LogP contribution >= 0.6 is 27.7 Å². The van der Waals surface area contributed by atoms with Gasteiger partial charge < -0.3 is 10.2 Å². The van der Waals surface area contributed by atoms with Gasteiger partial charge in [-0.1, -0.05) is 29.8 Å². The lowest BCUT2D eigenvalue weighted by atomic mass is 10.1. The number of benzene rings is 1. The van der Waals surface area contributed by atoms with Crippen LogP contribution in [0.25, 0.3) is 0 Å². The highest BCUT2D eigenvalue weighted by molar-refractivity contribution is 9.10. The van der Waals surface area contributed by atoms with E-state index in [9.17, 15) is 0 Å². The van der Waals surface area contributed by atoms with Crippen LogP contribution < -0.4 is 10.2 Å². The normalized spacial score (nSPS) is 12.8. The first-order valence-electron chi connectivity index (χ1n) is 7.16. The molecule has 20 heavy (non-hydrogen) atoms. The Labute approximate surface area is 136 Å². The van der Waals surface area contributed by atoms with Crippen LogP contribution in [0.3, 0.4) is 0 Å². The molecule has 1 aromatic rings. The lowest BCUT2D eigenvalue weighted by Crippen LogP contribution is -2.32. The topological polar surface area (TPSA) is 15.3 Å². The van der Waals surface area contributed by atoms with Crippen LogP contribution in [-0.2, 0) is 6.54 Å². The number of rotatable bonds is 8. The molecule has 0 amide bonds. The zero-order valence-electron chi connectivity index (χ0n) is 13.2. The second kappa shape index (κ2) is 8.96. The SMILES string of the molecule is CSCC(C)N(C)c1ccc(Br)cc1CNCC(C)C. The average Bonchev–Trinajstić information content (AvgIpc) is 2.38. The summed E-state index contributed by atoms with van der Waals surface area (Å²) in [4.78, 5) is 2.38. The van der Waals surface area contributed by atoms with Gasteiger partial charge in [0.25, 0.3) is 0 Å². The van der Waals surface area contributed by atoms with E-state index in [1.807, 2.05) is 11.8 Å². The van der Waals surface area contributed by atoms with E-state index < -0.39 is 0 Å². The minimum Gasteiger partial charge on any atom is -0.371 e. The van der Waals surface area contributed by atoms with Gasteiger partial charge in [0.2, 0.25) is 0 Å². The Bertz CT molecular complexity index is 409. The predicted molar refractivity (Wildman–Crippen MR) is 96.9 cm³/mol. The van der Waals surface area contributed by atoms with Crippen LogP contribution in [0.5, 0.6) is 0 Å². The summed E-state index contributed by atoms with van der Waals surface area (Å²) in [5.74, 6) is 1.82. The van der Waals surface area contributed by atoms with Gasteiger partial charge in [-0.25, -0.2) is 0 Å². The third-order valence-corrected chi connectivity index (χ3v) is 4.67. The molecule has 0 radical (unpaired) electrons. The van der Waals surface area contributed by atoms with E-state index in [2.05, 4.69) is 78.4 Å². The summed E-state index contributed by atoms with van der Waals surface area (Å²) in [5.41, 5.74) is 2.68. The van der Waals surface area contributed by atoms with Crippen molar-refractivity contribution in [3.63, 3.8) is 0 Å². The van der Waals surface area contributed by atoms with Gasteiger partial charge in [0.15, 0.2) is 0 Å². The summed E-state index contributed by atoms with van der Waals surface area (Å²) in [6, 6.07) is 7.11. The molecule has 1 unspecified atom stereocenters. The van der Waals surface area contributed by atoms with Gasteiger partial charge in [-0.3, -0.25) is 0 Å². The highest BCUT2D eigenvalue weighted by Gasteiger charge is 2.13. The van der Waals surface area contributed by atoms with Gasteiger partial charge >= 0.3 is 0 Å². The first kappa shape index (κ1) is 17.9. The van der Waals surface area contributed by atoms with E-state index in [1.54, 1.807) is 0 Å². The fraction of sp³-hybridized carbons (Fsp3) is 0.625. The monoisotopic (exact) mass is 358 g/mol. The van der Waals surface area contributed by atoms with Crippen LogP contribution in [0.2, 0.25) is 0 Å². The van der Waals surface area contributed by atoms with Crippen molar-refractivity contribution in [3.05, 3.63) is 28.2 Å². The maximum absolute atomic E-state index is 3.58. The van der Waals surface area contributed by atoms with Crippen LogP contribution in [0.15, 0.2) is 22.7 Å². The molecule has 4 heteroatoms. The maximum Gasteiger partial charge on any atom is 0.0412 e. The summed E-state index contributed by atoms with van der Waals surface area (Å²) in [5, 5.41) is 3.54. The molecule has 2 nitrogen and oxygen atoms in total. The molecule has 0 bridgehead atoms. The molecular weight excluding hydrogens is 332 g/mol. The van der Waals surface area contributed by atoms with Gasteiger partial charge in [-0.05, 0) is 49.4 Å². The standard InChI is InChI=1S/C16H27BrN2S/c1-12(2)9-18-10-14-8-15(17)6-7-16(14)19(4)13(3)11-20-5/h6-8,12-13,18H,9-11H2,1-5H3. The lowest BCUT2D eigenvalue weighted by molar-refractivity contribution is 0.551. The number of halogens is 1. The van der Waals surface area contributed by atoms with Crippen LogP contribution in [0, 0.1) is 5.92 Å². The first-order chi connectivity index (χ1) is 9.45. The zero-order valence-corrected chi connectivity index (χ0v) is 15.6. The molecule has 0 spiro atoms. The van der Waals surface area contributed by atoms with Crippen LogP contribution in [-0.4, -0.2) is 31.6 Å². The minimum absolute atomic E-state index is 0.537. The van der Waals surface area contributed by atoms with Crippen molar-refractivity contribution in [1.82, 2.24) is 5.32 Å². The minimum atomic E-state index is 0.537. The molecular formula is C16H27BrN2S. The summed E-state index contributed by atoms with van der Waals surface area (Å²) < 4.78 is 1.15. The molecule has 1 atom stereocenters. The van der Waals surface area contributed by atoms with E-state index in [0.29, 0.717) is 12.0 Å². The number of thioether (sulfide) groups is 1. The molecule has 0 aromatic heterocycles. The van der Waals surface area contributed by atoms with E-state index >= 15 is 0 Å². The smallest absolute Gasteiger partial charge is 0.0412 e. The number of hydrogen-bond acceptors (Lipinski definition) is 3. The van der Waals surface area contributed by atoms with Crippen molar-refractivity contribution in [1.29, 1.82) is 0 Å². The Morgan fingerprint density at radius 2 is 2.00 bits per heavy atom. The molecule has 114 valence electrons. The number of nitrogens with zero attached hydrogens (tertiary/aromatic N) is 1. The lowest BCUT2D eigenvalue weighted by Gasteiger charge is -2.29. The molecule has 0 heterocycles. The summed E-state index contributed by atoms with van der Waals surface area (Å²) >= 11 is 5.48. The second-order valence-electron chi connectivity index (χ2n) is 5.71. The fourth-order valence-corrected chi connectivity index (χ4v) is 3.24. The predicted octanol–water partition coefficient (Wildman–Crippen LogP) is 4.38. The van der Waals surface area contributed by atoms with Crippen molar-refractivity contribution in [2.45, 2.75) is 33.4 Å². The van der Waals surface area contributed by atoms with Crippen molar-refractivity contribution in [2.75, 3.05) is 30.5 Å². The van der Waals surface area contributed by atoms with E-state index in [1.165, 1.54) is 11.3 Å². The van der Waals surface area contributed by atoms with E-state index in [0.717, 1.165) is 23.3 Å². The third kappa shape index (κ3) is 5.66. The largest absolute Gasteiger partial charge is 0.371 e. The quantitative estimate of drug-likeness (QED) is 0.741. The van der Waals surface area contributed by atoms with Crippen molar-refractivity contribution in [2.24, 2.45) is 5.92 Å². The summed E-state index contributed by atoms with van der Waals surface area (Å²) in [6.45, 7) is 8.73. The fourth-order valence-electron chi connectivity index (χ4n) is 2.13. The van der Waals surface area contributed by atoms with Gasteiger partial charge in [-0.2, -0.15) is 11.8 Å². The molecule has 0 saturated heterocycles. The number of nitrogens with one attached hydrogen (secondary N) is 1. The Morgan fingerprint density at radius 3 is 2.60 bits per heavy atom. The molecule has 0 aliphatic carbocycles. The molecule has 0 aliphatic heterocycles. The van der Waals surface area contributed by atoms with E-state index in [-0.39, 0.29) is 0 Å². The average molecular weight is 359 g/mol. The van der Waals surface area contributed by atoms with Crippen LogP contribution in [0.4, 0.5) is 5.69 Å². The molecule has 0 saturated carbocycles. The Kier molecular flexibility index (Phi) is 8.00. The Balaban J connectivity index is 2.83. The van der Waals surface area contributed by atoms with Gasteiger partial charge in [0.05, 0.1) is 0 Å². The number of hydrogen-bond donors (Lipinski definition) is 1. The summed E-state index contributed by atoms with van der Waals surface area (Å²) in [7, 11) is 2.19. The van der Waals surface area contributed by atoms with Crippen LogP contribution in [0.1, 0.15) is 26.3 Å². The molecule has 0 fully saturated rings. The zero-order chi connectivity index (χ0) is 15.1. The van der Waals surface area contributed by atoms with Gasteiger partial charge in [-0.15, -0.1) is 0 Å². The Morgan fingerprint density at radius 1 is 1.30 bits per heavy atom. The molecule has 0 aliphatic rings. The van der Waals surface area contributed by atoms with Crippen molar-refractivity contribution in [3.8, 4) is 0 Å². The van der Waals surface area contributed by atoms with Gasteiger partial charge in [0.1, 0.15) is 0 Å². The molecule has 1 aromatic carbocycles. The summed E-state index contributed by atoms with van der Waals surface area (Å²) in [6.07, 6.45) is 2.16. The van der Waals surface area contributed by atoms with Gasteiger partial charge in [0, 0.05) is 35.5 Å². The highest BCUT2D eigenvalue weighted by atomic mass is 79.9. The third-order valence-electron chi connectivity index (χ3n) is 3.36. The highest BCUT2D eigenvalue weighted by Crippen LogP contribution is 2.26.